The minimum absolute atomic E-state index is 0.0200. The average molecular weight is 300 g/mol. The highest BCUT2D eigenvalue weighted by Crippen LogP contribution is 2.18. The number of rotatable bonds is 8. The van der Waals surface area contributed by atoms with E-state index in [1.165, 1.54) is 0 Å². The molecule has 124 valence electrons. The van der Waals surface area contributed by atoms with E-state index in [2.05, 4.69) is 24.1 Å². The van der Waals surface area contributed by atoms with Gasteiger partial charge in [0, 0.05) is 6.54 Å². The summed E-state index contributed by atoms with van der Waals surface area (Å²) in [6.45, 7) is 15.7. The van der Waals surface area contributed by atoms with Gasteiger partial charge in [-0.15, -0.1) is 0 Å². The van der Waals surface area contributed by atoms with Crippen molar-refractivity contribution in [3.63, 3.8) is 0 Å². The van der Waals surface area contributed by atoms with Crippen LogP contribution in [0.2, 0.25) is 0 Å². The molecule has 0 aromatic carbocycles. The van der Waals surface area contributed by atoms with Gasteiger partial charge in [-0.1, -0.05) is 27.7 Å². The van der Waals surface area contributed by atoms with Gasteiger partial charge in [0.1, 0.15) is 17.4 Å². The Bertz CT molecular complexity index is 337. The fourth-order valence-electron chi connectivity index (χ4n) is 2.10. The number of likely N-dealkylation sites (N-methyl/N-ethyl adjacent to an activating group) is 1. The van der Waals surface area contributed by atoms with Gasteiger partial charge in [-0.05, 0) is 46.2 Å². The Kier molecular flexibility index (Phi) is 7.93. The molecule has 1 N–H and O–H groups in total. The number of carbonyl (C=O) groups is 2. The van der Waals surface area contributed by atoms with Gasteiger partial charge in [-0.3, -0.25) is 0 Å². The van der Waals surface area contributed by atoms with Crippen molar-refractivity contribution in [3.05, 3.63) is 0 Å². The van der Waals surface area contributed by atoms with E-state index in [9.17, 15) is 9.59 Å². The molecule has 0 saturated heterocycles. The minimum Gasteiger partial charge on any atom is -0.444 e. The van der Waals surface area contributed by atoms with Crippen LogP contribution in [0.3, 0.4) is 0 Å². The first kappa shape index (κ1) is 19.9. The molecule has 5 nitrogen and oxygen atoms in total. The summed E-state index contributed by atoms with van der Waals surface area (Å²) in [6, 6.07) is 0. The Hall–Kier alpha value is -1.10. The largest absolute Gasteiger partial charge is 0.444 e. The van der Waals surface area contributed by atoms with Crippen LogP contribution >= 0.6 is 0 Å². The van der Waals surface area contributed by atoms with Crippen LogP contribution in [-0.4, -0.2) is 48.1 Å². The zero-order chi connectivity index (χ0) is 16.7. The number of carbonyl (C=O) groups excluding carboxylic acids is 2. The third-order valence-corrected chi connectivity index (χ3v) is 3.45. The van der Waals surface area contributed by atoms with Crippen molar-refractivity contribution in [1.82, 2.24) is 10.2 Å². The summed E-state index contributed by atoms with van der Waals surface area (Å²) in [4.78, 5) is 26.0. The van der Waals surface area contributed by atoms with Gasteiger partial charge >= 0.3 is 6.09 Å². The molecule has 0 saturated carbocycles. The first-order valence-electron chi connectivity index (χ1n) is 7.80. The normalized spacial score (nSPS) is 14.9. The van der Waals surface area contributed by atoms with E-state index in [-0.39, 0.29) is 5.92 Å². The molecule has 0 heterocycles. The Morgan fingerprint density at radius 3 is 2.19 bits per heavy atom. The van der Waals surface area contributed by atoms with Crippen molar-refractivity contribution in [2.45, 2.75) is 66.0 Å². The molecule has 0 fully saturated rings. The molecule has 1 atom stereocenters. The quantitative estimate of drug-likeness (QED) is 0.700. The van der Waals surface area contributed by atoms with Crippen LogP contribution < -0.4 is 5.32 Å². The highest BCUT2D eigenvalue weighted by atomic mass is 16.6. The number of amides is 1. The van der Waals surface area contributed by atoms with Crippen LogP contribution in [0, 0.1) is 5.92 Å². The maximum Gasteiger partial charge on any atom is 0.408 e. The molecule has 21 heavy (non-hydrogen) atoms. The van der Waals surface area contributed by atoms with Gasteiger partial charge in [0.25, 0.3) is 0 Å². The lowest BCUT2D eigenvalue weighted by Gasteiger charge is -2.38. The molecule has 0 rings (SSSR count). The number of nitrogens with one attached hydrogen (secondary N) is 1. The summed E-state index contributed by atoms with van der Waals surface area (Å²) in [7, 11) is 0. The van der Waals surface area contributed by atoms with Crippen LogP contribution in [-0.2, 0) is 9.53 Å². The Balaban J connectivity index is 5.08. The van der Waals surface area contributed by atoms with E-state index in [4.69, 9.17) is 4.74 Å². The molecule has 0 aromatic rings. The van der Waals surface area contributed by atoms with Crippen molar-refractivity contribution < 1.29 is 14.3 Å². The smallest absolute Gasteiger partial charge is 0.408 e. The van der Waals surface area contributed by atoms with E-state index in [0.717, 1.165) is 25.8 Å². The topological polar surface area (TPSA) is 58.6 Å². The summed E-state index contributed by atoms with van der Waals surface area (Å²) < 4.78 is 5.29. The lowest BCUT2D eigenvalue weighted by molar-refractivity contribution is -0.116. The highest BCUT2D eigenvalue weighted by Gasteiger charge is 2.38. The molecule has 1 unspecified atom stereocenters. The van der Waals surface area contributed by atoms with Crippen LogP contribution in [0.1, 0.15) is 54.9 Å². The van der Waals surface area contributed by atoms with Gasteiger partial charge in [-0.2, -0.15) is 0 Å². The molecule has 5 heteroatoms. The summed E-state index contributed by atoms with van der Waals surface area (Å²) in [5, 5.41) is 2.79. The summed E-state index contributed by atoms with van der Waals surface area (Å²) in [6.07, 6.45) is 1.31. The van der Waals surface area contributed by atoms with Crippen LogP contribution in [0.15, 0.2) is 0 Å². The molecular formula is C16H32N2O3. The third-order valence-electron chi connectivity index (χ3n) is 3.45. The molecule has 0 aliphatic carbocycles. The third kappa shape index (κ3) is 6.93. The Morgan fingerprint density at radius 2 is 1.86 bits per heavy atom. The SMILES string of the molecule is CCCN(CC)CC(C=O)(NC(=O)OC(C)(C)C)C(C)C. The number of aldehydes is 1. The molecule has 0 spiro atoms. The van der Waals surface area contributed by atoms with E-state index >= 15 is 0 Å². The Morgan fingerprint density at radius 1 is 1.29 bits per heavy atom. The molecule has 0 aliphatic rings. The van der Waals surface area contributed by atoms with Crippen LogP contribution in [0.4, 0.5) is 4.79 Å². The van der Waals surface area contributed by atoms with Gasteiger partial charge in [-0.25, -0.2) is 4.79 Å². The number of ether oxygens (including phenoxy) is 1. The fraction of sp³-hybridized carbons (Fsp3) is 0.875. The summed E-state index contributed by atoms with van der Waals surface area (Å²) in [5.74, 6) is -0.0200. The second-order valence-corrected chi connectivity index (χ2v) is 6.81. The van der Waals surface area contributed by atoms with Crippen LogP contribution in [0.25, 0.3) is 0 Å². The zero-order valence-electron chi connectivity index (χ0n) is 14.7. The number of nitrogens with zero attached hydrogens (tertiary/aromatic N) is 1. The minimum atomic E-state index is -0.923. The molecular weight excluding hydrogens is 268 g/mol. The summed E-state index contributed by atoms with van der Waals surface area (Å²) in [5.41, 5.74) is -1.50. The molecule has 0 bridgehead atoms. The first-order valence-corrected chi connectivity index (χ1v) is 7.80. The van der Waals surface area contributed by atoms with Gasteiger partial charge in [0.05, 0.1) is 0 Å². The van der Waals surface area contributed by atoms with E-state index in [1.807, 2.05) is 13.8 Å². The average Bonchev–Trinajstić information content (AvgIpc) is 2.34. The summed E-state index contributed by atoms with van der Waals surface area (Å²) >= 11 is 0. The van der Waals surface area contributed by atoms with Gasteiger partial charge < -0.3 is 19.7 Å². The van der Waals surface area contributed by atoms with Crippen LogP contribution in [0.5, 0.6) is 0 Å². The van der Waals surface area contributed by atoms with Gasteiger partial charge in [0.15, 0.2) is 0 Å². The van der Waals surface area contributed by atoms with Crippen molar-refractivity contribution in [2.75, 3.05) is 19.6 Å². The van der Waals surface area contributed by atoms with Crippen molar-refractivity contribution in [3.8, 4) is 0 Å². The van der Waals surface area contributed by atoms with E-state index < -0.39 is 17.2 Å². The number of hydrogen-bond acceptors (Lipinski definition) is 4. The van der Waals surface area contributed by atoms with E-state index in [1.54, 1.807) is 20.8 Å². The lowest BCUT2D eigenvalue weighted by atomic mass is 9.87. The van der Waals surface area contributed by atoms with Gasteiger partial charge in [0.2, 0.25) is 0 Å². The second kappa shape index (κ2) is 8.37. The van der Waals surface area contributed by atoms with E-state index in [0.29, 0.717) is 6.54 Å². The molecule has 0 aromatic heterocycles. The first-order chi connectivity index (χ1) is 9.60. The highest BCUT2D eigenvalue weighted by molar-refractivity contribution is 5.77. The fourth-order valence-corrected chi connectivity index (χ4v) is 2.10. The lowest BCUT2D eigenvalue weighted by Crippen LogP contribution is -2.61. The maximum absolute atomic E-state index is 12.1. The van der Waals surface area contributed by atoms with Crippen molar-refractivity contribution >= 4 is 12.4 Å². The number of alkyl carbamates (subject to hydrolysis) is 1. The predicted molar refractivity (Wildman–Crippen MR) is 85.4 cm³/mol. The molecule has 0 radical (unpaired) electrons. The predicted octanol–water partition coefficient (Wildman–Crippen LogP) is 2.84. The molecule has 1 amide bonds. The van der Waals surface area contributed by atoms with Crippen molar-refractivity contribution in [1.29, 1.82) is 0 Å². The van der Waals surface area contributed by atoms with Crippen molar-refractivity contribution in [2.24, 2.45) is 5.92 Å². The molecule has 0 aliphatic heterocycles. The maximum atomic E-state index is 12.1. The second-order valence-electron chi connectivity index (χ2n) is 6.81. The Labute approximate surface area is 129 Å². The zero-order valence-corrected chi connectivity index (χ0v) is 14.7. The monoisotopic (exact) mass is 300 g/mol. The standard InChI is InChI=1S/C16H32N2O3/c1-8-10-18(9-2)11-16(12-19,13(3)4)17-14(20)21-15(5,6)7/h12-13H,8-11H2,1-7H3,(H,17,20). The number of hydrogen-bond donors (Lipinski definition) is 1.